The van der Waals surface area contributed by atoms with Gasteiger partial charge in [0, 0.05) is 19.3 Å². The fourth-order valence-electron chi connectivity index (χ4n) is 6.49. The second-order valence-corrected chi connectivity index (χ2v) is 14.1. The van der Waals surface area contributed by atoms with Crippen LogP contribution in [0.5, 0.6) is 0 Å². The second kappa shape index (κ2) is 20.7. The van der Waals surface area contributed by atoms with Crippen LogP contribution in [0.3, 0.4) is 0 Å². The quantitative estimate of drug-likeness (QED) is 0.0576. The summed E-state index contributed by atoms with van der Waals surface area (Å²) in [4.78, 5) is 24.3. The molecule has 0 aromatic rings. The Morgan fingerprint density at radius 3 is 2.07 bits per heavy atom. The lowest BCUT2D eigenvalue weighted by atomic mass is 9.88. The summed E-state index contributed by atoms with van der Waals surface area (Å²) in [5, 5.41) is 136. The molecule has 322 valence electrons. The molecule has 3 fully saturated rings. The number of ether oxygens (including phenoxy) is 7. The van der Waals surface area contributed by atoms with Gasteiger partial charge in [-0.3, -0.25) is 4.79 Å². The molecular weight excluding hydrogens is 750 g/mol. The molecule has 23 heteroatoms. The van der Waals surface area contributed by atoms with Crippen LogP contribution in [0.25, 0.3) is 0 Å². The van der Waals surface area contributed by atoms with Gasteiger partial charge in [0.1, 0.15) is 67.1 Å². The highest BCUT2D eigenvalue weighted by atomic mass is 16.8. The summed E-state index contributed by atoms with van der Waals surface area (Å²) in [7, 11) is 0. The smallest absolute Gasteiger partial charge is 0.364 e. The minimum atomic E-state index is -2.84. The zero-order valence-corrected chi connectivity index (χ0v) is 30.7. The van der Waals surface area contributed by atoms with Gasteiger partial charge < -0.3 is 105 Å². The fraction of sp³-hybridized carbons (Fsp3) is 0.938. The van der Waals surface area contributed by atoms with E-state index < -0.39 is 167 Å². The van der Waals surface area contributed by atoms with Crippen molar-refractivity contribution in [2.75, 3.05) is 33.0 Å². The van der Waals surface area contributed by atoms with E-state index in [0.29, 0.717) is 0 Å². The van der Waals surface area contributed by atoms with E-state index in [-0.39, 0.29) is 6.61 Å². The fourth-order valence-corrected chi connectivity index (χ4v) is 6.49. The van der Waals surface area contributed by atoms with Crippen molar-refractivity contribution in [1.29, 1.82) is 0 Å². The van der Waals surface area contributed by atoms with Crippen molar-refractivity contribution in [1.82, 2.24) is 5.32 Å². The van der Waals surface area contributed by atoms with Gasteiger partial charge in [-0.05, 0) is 13.8 Å². The Hall–Kier alpha value is -1.82. The summed E-state index contributed by atoms with van der Waals surface area (Å²) in [6.45, 7) is 1.87. The Labute approximate surface area is 315 Å². The first-order chi connectivity index (χ1) is 25.7. The summed E-state index contributed by atoms with van der Waals surface area (Å²) in [5.41, 5.74) is 0. The molecule has 3 aliphatic heterocycles. The SMILES string of the molecule is CC(=O)N[C@H]1C([C@H](O)[C@H](O)CO)O[C@@](OCC2O[C@@H](O[C@H]3C(O)C(C)[C@H](OC[C@@H](C)OC(CO)[C@@H](O)[C@@H](C)O)O[C@H]3CO)[C@@H](O)C(O)[C@H]2O)(C(=O)O)C[C@H]1O. The normalized spacial score (nSPS) is 40.4. The lowest BCUT2D eigenvalue weighted by Crippen LogP contribution is -2.68. The van der Waals surface area contributed by atoms with Crippen LogP contribution < -0.4 is 5.32 Å². The molecule has 0 aromatic heterocycles. The molecule has 0 aromatic carbocycles. The Morgan fingerprint density at radius 2 is 1.53 bits per heavy atom. The third kappa shape index (κ3) is 11.4. The average Bonchev–Trinajstić information content (AvgIpc) is 3.14. The van der Waals surface area contributed by atoms with Crippen molar-refractivity contribution in [3.63, 3.8) is 0 Å². The number of hydrogen-bond donors (Lipinski definition) is 14. The van der Waals surface area contributed by atoms with Gasteiger partial charge in [-0.25, -0.2) is 4.79 Å². The van der Waals surface area contributed by atoms with Crippen LogP contribution in [-0.4, -0.2) is 227 Å². The molecule has 1 amide bonds. The molecular formula is C32H57NO22. The highest BCUT2D eigenvalue weighted by molar-refractivity contribution is 5.76. The van der Waals surface area contributed by atoms with Crippen molar-refractivity contribution in [3.05, 3.63) is 0 Å². The molecule has 3 saturated heterocycles. The lowest BCUT2D eigenvalue weighted by Gasteiger charge is -2.48. The molecule has 20 atom stereocenters. The van der Waals surface area contributed by atoms with Crippen LogP contribution in [0.1, 0.15) is 34.1 Å². The van der Waals surface area contributed by atoms with Gasteiger partial charge in [0.15, 0.2) is 12.6 Å². The predicted octanol–water partition coefficient (Wildman–Crippen LogP) is -7.42. The van der Waals surface area contributed by atoms with Crippen molar-refractivity contribution >= 4 is 11.9 Å². The number of aliphatic hydroxyl groups excluding tert-OH is 12. The number of carbonyl (C=O) groups excluding carboxylic acids is 1. The number of aliphatic hydroxyl groups is 12. The molecule has 3 aliphatic rings. The van der Waals surface area contributed by atoms with Crippen molar-refractivity contribution < 1.29 is 109 Å². The summed E-state index contributed by atoms with van der Waals surface area (Å²) in [6.07, 6.45) is -28.1. The molecule has 0 aliphatic carbocycles. The first-order valence-corrected chi connectivity index (χ1v) is 17.7. The topological polar surface area (TPSA) is 374 Å². The molecule has 0 saturated carbocycles. The van der Waals surface area contributed by atoms with Gasteiger partial charge in [-0.2, -0.15) is 0 Å². The molecule has 6 unspecified atom stereocenters. The lowest BCUT2D eigenvalue weighted by molar-refractivity contribution is -0.363. The summed E-state index contributed by atoms with van der Waals surface area (Å²) in [5.74, 6) is -6.32. The Bertz CT molecular complexity index is 1200. The first-order valence-electron chi connectivity index (χ1n) is 17.7. The molecule has 0 radical (unpaired) electrons. The van der Waals surface area contributed by atoms with Crippen LogP contribution >= 0.6 is 0 Å². The highest BCUT2D eigenvalue weighted by Gasteiger charge is 2.57. The van der Waals surface area contributed by atoms with Gasteiger partial charge in [-0.15, -0.1) is 0 Å². The number of rotatable bonds is 19. The number of carboxylic acid groups (broad SMARTS) is 1. The standard InChI is InChI=1S/C32H57NO22/c1-11(51-17(7-35)22(42)13(3)37)9-49-29-12(2)21(41)27(18(8-36)52-29)54-30-26(46)25(45)24(44)19(53-30)10-50-32(31(47)48)5-15(39)20(33-14(4)38)28(55-32)23(43)16(40)6-34/h11-13,15-30,34-37,39-46H,5-10H2,1-4H3,(H,33,38)(H,47,48)/t11-,12?,13-,15-,16-,17?,18+,19?,20-,21?,22+,23-,24+,25?,26+,27-,28?,29-,30+,32-/m1/s1. The summed E-state index contributed by atoms with van der Waals surface area (Å²) >= 11 is 0. The van der Waals surface area contributed by atoms with Gasteiger partial charge in [0.05, 0.1) is 63.5 Å². The zero-order valence-electron chi connectivity index (χ0n) is 30.7. The maximum atomic E-state index is 12.5. The van der Waals surface area contributed by atoms with E-state index in [1.807, 2.05) is 0 Å². The maximum absolute atomic E-state index is 12.5. The Balaban J connectivity index is 1.73. The minimum absolute atomic E-state index is 0.196. The first kappa shape index (κ1) is 47.6. The summed E-state index contributed by atoms with van der Waals surface area (Å²) < 4.78 is 39.6. The van der Waals surface area contributed by atoms with Gasteiger partial charge >= 0.3 is 5.97 Å². The molecule has 23 nitrogen and oxygen atoms in total. The zero-order chi connectivity index (χ0) is 41.5. The maximum Gasteiger partial charge on any atom is 0.364 e. The van der Waals surface area contributed by atoms with E-state index in [1.54, 1.807) is 6.92 Å². The van der Waals surface area contributed by atoms with Crippen LogP contribution in [0.2, 0.25) is 0 Å². The minimum Gasteiger partial charge on any atom is -0.477 e. The average molecular weight is 808 g/mol. The third-order valence-corrected chi connectivity index (χ3v) is 9.74. The molecule has 14 N–H and O–H groups in total. The van der Waals surface area contributed by atoms with E-state index in [0.717, 1.165) is 6.92 Å². The van der Waals surface area contributed by atoms with Crippen molar-refractivity contribution in [2.24, 2.45) is 5.92 Å². The van der Waals surface area contributed by atoms with E-state index in [2.05, 4.69) is 5.32 Å². The number of amides is 1. The summed E-state index contributed by atoms with van der Waals surface area (Å²) in [6, 6.07) is -1.49. The van der Waals surface area contributed by atoms with E-state index in [4.69, 9.17) is 33.2 Å². The molecule has 3 heterocycles. The Kier molecular flexibility index (Phi) is 17.9. The number of carbonyl (C=O) groups is 2. The van der Waals surface area contributed by atoms with E-state index in [1.165, 1.54) is 13.8 Å². The van der Waals surface area contributed by atoms with Gasteiger partial charge in [0.25, 0.3) is 5.79 Å². The van der Waals surface area contributed by atoms with Crippen LogP contribution in [0.15, 0.2) is 0 Å². The Morgan fingerprint density at radius 1 is 0.891 bits per heavy atom. The predicted molar refractivity (Wildman–Crippen MR) is 176 cm³/mol. The highest BCUT2D eigenvalue weighted by Crippen LogP contribution is 2.36. The van der Waals surface area contributed by atoms with Gasteiger partial charge in [0.2, 0.25) is 5.91 Å². The number of carboxylic acids is 1. The number of aliphatic carboxylic acids is 1. The van der Waals surface area contributed by atoms with E-state index in [9.17, 15) is 76.0 Å². The number of nitrogens with one attached hydrogen (secondary N) is 1. The van der Waals surface area contributed by atoms with Crippen molar-refractivity contribution in [3.8, 4) is 0 Å². The molecule has 0 spiro atoms. The second-order valence-electron chi connectivity index (χ2n) is 14.1. The molecule has 3 rings (SSSR count). The van der Waals surface area contributed by atoms with E-state index >= 15 is 0 Å². The van der Waals surface area contributed by atoms with Crippen molar-refractivity contribution in [2.45, 2.75) is 150 Å². The van der Waals surface area contributed by atoms with Gasteiger partial charge in [-0.1, -0.05) is 6.92 Å². The monoisotopic (exact) mass is 807 g/mol. The largest absolute Gasteiger partial charge is 0.477 e. The molecule has 0 bridgehead atoms. The van der Waals surface area contributed by atoms with Crippen LogP contribution in [0.4, 0.5) is 0 Å². The molecule has 55 heavy (non-hydrogen) atoms. The third-order valence-electron chi connectivity index (χ3n) is 9.74. The van der Waals surface area contributed by atoms with Crippen LogP contribution in [-0.2, 0) is 42.7 Å². The number of hydrogen-bond acceptors (Lipinski definition) is 21. The van der Waals surface area contributed by atoms with Crippen LogP contribution in [0, 0.1) is 5.92 Å².